The van der Waals surface area contributed by atoms with Gasteiger partial charge in [-0.1, -0.05) is 36.4 Å². The molecule has 5 aromatic rings. The Labute approximate surface area is 173 Å². The monoisotopic (exact) mass is 395 g/mol. The quantitative estimate of drug-likeness (QED) is 0.404. The van der Waals surface area contributed by atoms with Crippen molar-refractivity contribution in [3.8, 4) is 11.1 Å². The SMILES string of the molecule is Cc1ccc2c(-c3ccc4ncnc(NC[C@H](O)c5ccccc5)c4c3)c[nH]c2n1. The van der Waals surface area contributed by atoms with Crippen molar-refractivity contribution in [2.24, 2.45) is 0 Å². The van der Waals surface area contributed by atoms with Crippen LogP contribution in [0.25, 0.3) is 33.1 Å². The van der Waals surface area contributed by atoms with Gasteiger partial charge in [-0.05, 0) is 42.3 Å². The summed E-state index contributed by atoms with van der Waals surface area (Å²) in [4.78, 5) is 16.6. The van der Waals surface area contributed by atoms with E-state index in [-0.39, 0.29) is 0 Å². The highest BCUT2D eigenvalue weighted by Gasteiger charge is 2.12. The number of aliphatic hydroxyl groups excluding tert-OH is 1. The summed E-state index contributed by atoms with van der Waals surface area (Å²) in [6.07, 6.45) is 2.90. The molecule has 0 fully saturated rings. The number of nitrogens with one attached hydrogen (secondary N) is 2. The van der Waals surface area contributed by atoms with Gasteiger partial charge in [0.15, 0.2) is 0 Å². The number of aromatic amines is 1. The van der Waals surface area contributed by atoms with Gasteiger partial charge in [0, 0.05) is 34.8 Å². The molecule has 0 amide bonds. The molecular weight excluding hydrogens is 374 g/mol. The zero-order valence-corrected chi connectivity index (χ0v) is 16.5. The minimum Gasteiger partial charge on any atom is -0.387 e. The van der Waals surface area contributed by atoms with Crippen LogP contribution in [0.4, 0.5) is 5.82 Å². The van der Waals surface area contributed by atoms with Gasteiger partial charge < -0.3 is 15.4 Å². The first-order valence-corrected chi connectivity index (χ1v) is 9.86. The summed E-state index contributed by atoms with van der Waals surface area (Å²) >= 11 is 0. The van der Waals surface area contributed by atoms with Crippen LogP contribution >= 0.6 is 0 Å². The average Bonchev–Trinajstić information content (AvgIpc) is 3.20. The number of anilines is 1. The lowest BCUT2D eigenvalue weighted by Gasteiger charge is -2.14. The van der Waals surface area contributed by atoms with E-state index in [2.05, 4.69) is 43.5 Å². The fraction of sp³-hybridized carbons (Fsp3) is 0.125. The van der Waals surface area contributed by atoms with Crippen molar-refractivity contribution in [1.29, 1.82) is 0 Å². The lowest BCUT2D eigenvalue weighted by Crippen LogP contribution is -2.13. The lowest BCUT2D eigenvalue weighted by molar-refractivity contribution is 0.191. The molecule has 0 bridgehead atoms. The molecule has 3 N–H and O–H groups in total. The molecule has 30 heavy (non-hydrogen) atoms. The summed E-state index contributed by atoms with van der Waals surface area (Å²) in [6, 6.07) is 19.8. The zero-order valence-electron chi connectivity index (χ0n) is 16.5. The third-order valence-corrected chi connectivity index (χ3v) is 5.27. The van der Waals surface area contributed by atoms with Crippen molar-refractivity contribution in [2.75, 3.05) is 11.9 Å². The number of aliphatic hydroxyl groups is 1. The van der Waals surface area contributed by atoms with Gasteiger partial charge in [-0.3, -0.25) is 0 Å². The summed E-state index contributed by atoms with van der Waals surface area (Å²) in [6.45, 7) is 2.34. The topological polar surface area (TPSA) is 86.7 Å². The second kappa shape index (κ2) is 7.57. The van der Waals surface area contributed by atoms with Gasteiger partial charge in [0.1, 0.15) is 17.8 Å². The molecule has 0 aliphatic carbocycles. The Morgan fingerprint density at radius 2 is 1.87 bits per heavy atom. The summed E-state index contributed by atoms with van der Waals surface area (Å²) in [7, 11) is 0. The van der Waals surface area contributed by atoms with Gasteiger partial charge in [0.05, 0.1) is 11.6 Å². The molecule has 0 saturated carbocycles. The van der Waals surface area contributed by atoms with Crippen molar-refractivity contribution in [1.82, 2.24) is 19.9 Å². The maximum absolute atomic E-state index is 10.5. The fourth-order valence-electron chi connectivity index (χ4n) is 3.69. The van der Waals surface area contributed by atoms with Crippen LogP contribution in [-0.4, -0.2) is 31.6 Å². The molecule has 0 aliphatic rings. The van der Waals surface area contributed by atoms with Crippen molar-refractivity contribution in [2.45, 2.75) is 13.0 Å². The molecule has 3 heterocycles. The third-order valence-electron chi connectivity index (χ3n) is 5.27. The van der Waals surface area contributed by atoms with Gasteiger partial charge in [-0.2, -0.15) is 0 Å². The number of aryl methyl sites for hydroxylation is 1. The van der Waals surface area contributed by atoms with Crippen molar-refractivity contribution in [3.63, 3.8) is 0 Å². The van der Waals surface area contributed by atoms with Crippen LogP contribution in [0.2, 0.25) is 0 Å². The molecule has 0 unspecified atom stereocenters. The molecule has 2 aromatic carbocycles. The molecule has 0 radical (unpaired) electrons. The third kappa shape index (κ3) is 3.38. The smallest absolute Gasteiger partial charge is 0.138 e. The molecule has 148 valence electrons. The molecule has 0 saturated heterocycles. The number of H-pyrrole nitrogens is 1. The van der Waals surface area contributed by atoms with Crippen LogP contribution in [-0.2, 0) is 0 Å². The van der Waals surface area contributed by atoms with Crippen molar-refractivity contribution >= 4 is 27.8 Å². The van der Waals surface area contributed by atoms with Crippen LogP contribution in [0.15, 0.2) is 73.2 Å². The highest BCUT2D eigenvalue weighted by Crippen LogP contribution is 2.31. The Morgan fingerprint density at radius 3 is 2.73 bits per heavy atom. The number of nitrogens with zero attached hydrogens (tertiary/aromatic N) is 3. The summed E-state index contributed by atoms with van der Waals surface area (Å²) in [5.41, 5.74) is 5.70. The number of fused-ring (bicyclic) bond motifs is 2. The first kappa shape index (κ1) is 18.3. The largest absolute Gasteiger partial charge is 0.387 e. The Kier molecular flexibility index (Phi) is 4.61. The van der Waals surface area contributed by atoms with Crippen LogP contribution in [0.1, 0.15) is 17.4 Å². The Bertz CT molecular complexity index is 1330. The Balaban J connectivity index is 1.49. The number of hydrogen-bond acceptors (Lipinski definition) is 5. The standard InChI is InChI=1S/C24H21N5O/c1-15-7-9-18-20(12-25-24(18)29-15)17-8-10-21-19(11-17)23(28-14-27-21)26-13-22(30)16-5-3-2-4-6-16/h2-12,14,22,30H,13H2,1H3,(H,25,29)(H,26,27,28)/t22-/m0/s1. The van der Waals surface area contributed by atoms with Crippen LogP contribution < -0.4 is 5.32 Å². The van der Waals surface area contributed by atoms with Gasteiger partial charge in [-0.25, -0.2) is 15.0 Å². The Hall–Kier alpha value is -3.77. The molecule has 3 aromatic heterocycles. The average molecular weight is 395 g/mol. The van der Waals surface area contributed by atoms with Gasteiger partial charge in [-0.15, -0.1) is 0 Å². The second-order valence-corrected chi connectivity index (χ2v) is 7.31. The maximum atomic E-state index is 10.5. The maximum Gasteiger partial charge on any atom is 0.138 e. The molecule has 0 spiro atoms. The fourth-order valence-corrected chi connectivity index (χ4v) is 3.69. The van der Waals surface area contributed by atoms with E-state index in [0.717, 1.165) is 44.3 Å². The zero-order chi connectivity index (χ0) is 20.5. The van der Waals surface area contributed by atoms with E-state index < -0.39 is 6.10 Å². The summed E-state index contributed by atoms with van der Waals surface area (Å²) < 4.78 is 0. The van der Waals surface area contributed by atoms with Crippen LogP contribution in [0, 0.1) is 6.92 Å². The van der Waals surface area contributed by atoms with Crippen LogP contribution in [0.3, 0.4) is 0 Å². The van der Waals surface area contributed by atoms with Crippen LogP contribution in [0.5, 0.6) is 0 Å². The van der Waals surface area contributed by atoms with Crippen molar-refractivity contribution < 1.29 is 5.11 Å². The predicted octanol–water partition coefficient (Wildman–Crippen LogP) is 4.63. The number of rotatable bonds is 5. The van der Waals surface area contributed by atoms with Crippen molar-refractivity contribution in [3.05, 3.63) is 84.4 Å². The van der Waals surface area contributed by atoms with E-state index in [1.165, 1.54) is 6.33 Å². The highest BCUT2D eigenvalue weighted by atomic mass is 16.3. The molecule has 6 heteroatoms. The van der Waals surface area contributed by atoms with E-state index in [0.29, 0.717) is 12.4 Å². The molecular formula is C24H21N5O. The minimum absolute atomic E-state index is 0.358. The van der Waals surface area contributed by atoms with E-state index >= 15 is 0 Å². The lowest BCUT2D eigenvalue weighted by atomic mass is 10.0. The summed E-state index contributed by atoms with van der Waals surface area (Å²) in [5.74, 6) is 0.700. The number of hydrogen-bond donors (Lipinski definition) is 3. The number of benzene rings is 2. The minimum atomic E-state index is -0.623. The van der Waals surface area contributed by atoms with Gasteiger partial charge in [0.25, 0.3) is 0 Å². The molecule has 5 rings (SSSR count). The molecule has 1 atom stereocenters. The van der Waals surface area contributed by atoms with E-state index in [1.54, 1.807) is 0 Å². The predicted molar refractivity (Wildman–Crippen MR) is 119 cm³/mol. The highest BCUT2D eigenvalue weighted by molar-refractivity contribution is 5.98. The van der Waals surface area contributed by atoms with E-state index in [1.807, 2.05) is 55.6 Å². The molecule has 6 nitrogen and oxygen atoms in total. The molecule has 0 aliphatic heterocycles. The number of aromatic nitrogens is 4. The Morgan fingerprint density at radius 1 is 1.00 bits per heavy atom. The number of pyridine rings is 1. The first-order valence-electron chi connectivity index (χ1n) is 9.86. The van der Waals surface area contributed by atoms with Gasteiger partial charge in [0.2, 0.25) is 0 Å². The first-order chi connectivity index (χ1) is 14.7. The second-order valence-electron chi connectivity index (χ2n) is 7.31. The van der Waals surface area contributed by atoms with E-state index in [4.69, 9.17) is 0 Å². The normalized spacial score (nSPS) is 12.3. The van der Waals surface area contributed by atoms with E-state index in [9.17, 15) is 5.11 Å². The summed E-state index contributed by atoms with van der Waals surface area (Å²) in [5, 5.41) is 15.7. The van der Waals surface area contributed by atoms with Gasteiger partial charge >= 0.3 is 0 Å².